The van der Waals surface area contributed by atoms with E-state index < -0.39 is 6.04 Å². The molecule has 2 rings (SSSR count). The number of benzene rings is 1. The van der Waals surface area contributed by atoms with Gasteiger partial charge in [-0.3, -0.25) is 14.9 Å². The standard InChI is InChI=1S/C13H15N3O3S/c1-7-13(18)15-11(17)6-16(7)10-5-8(19-2)3-4-9(10)12(14)20/h3-5,7H,6H2,1-2H3,(H2,14,20)(H,15,17,18). The fourth-order valence-electron chi connectivity index (χ4n) is 2.09. The summed E-state index contributed by atoms with van der Waals surface area (Å²) < 4.78 is 5.17. The van der Waals surface area contributed by atoms with Crippen LogP contribution in [0.25, 0.3) is 0 Å². The number of imide groups is 1. The minimum Gasteiger partial charge on any atom is -0.497 e. The first-order chi connectivity index (χ1) is 9.43. The van der Waals surface area contributed by atoms with E-state index >= 15 is 0 Å². The summed E-state index contributed by atoms with van der Waals surface area (Å²) >= 11 is 5.02. The highest BCUT2D eigenvalue weighted by Crippen LogP contribution is 2.28. The van der Waals surface area contributed by atoms with Gasteiger partial charge in [-0.05, 0) is 19.1 Å². The number of methoxy groups -OCH3 is 1. The maximum atomic E-state index is 11.8. The first-order valence-corrected chi connectivity index (χ1v) is 6.43. The smallest absolute Gasteiger partial charge is 0.249 e. The normalized spacial score (nSPS) is 18.7. The summed E-state index contributed by atoms with van der Waals surface area (Å²) in [5.41, 5.74) is 6.93. The molecule has 1 aromatic rings. The Bertz CT molecular complexity index is 588. The average Bonchev–Trinajstić information content (AvgIpc) is 2.42. The van der Waals surface area contributed by atoms with Gasteiger partial charge in [0.1, 0.15) is 16.8 Å². The molecule has 1 aliphatic heterocycles. The van der Waals surface area contributed by atoms with Crippen LogP contribution in [0.3, 0.4) is 0 Å². The summed E-state index contributed by atoms with van der Waals surface area (Å²) in [5.74, 6) is -0.103. The molecule has 1 fully saturated rings. The van der Waals surface area contributed by atoms with Gasteiger partial charge >= 0.3 is 0 Å². The first kappa shape index (κ1) is 14.3. The Morgan fingerprint density at radius 3 is 2.80 bits per heavy atom. The third-order valence-electron chi connectivity index (χ3n) is 3.20. The Labute approximate surface area is 121 Å². The number of ether oxygens (including phenoxy) is 1. The van der Waals surface area contributed by atoms with Crippen LogP contribution in [0.1, 0.15) is 12.5 Å². The predicted molar refractivity (Wildman–Crippen MR) is 78.8 cm³/mol. The first-order valence-electron chi connectivity index (χ1n) is 6.02. The monoisotopic (exact) mass is 293 g/mol. The van der Waals surface area contributed by atoms with Gasteiger partial charge in [0.05, 0.1) is 19.3 Å². The second-order valence-electron chi connectivity index (χ2n) is 4.46. The molecule has 7 heteroatoms. The molecule has 1 unspecified atom stereocenters. The topological polar surface area (TPSA) is 84.7 Å². The van der Waals surface area contributed by atoms with Crippen molar-refractivity contribution in [2.45, 2.75) is 13.0 Å². The molecular formula is C13H15N3O3S. The van der Waals surface area contributed by atoms with Crippen molar-refractivity contribution < 1.29 is 14.3 Å². The zero-order chi connectivity index (χ0) is 14.9. The molecule has 1 saturated heterocycles. The lowest BCUT2D eigenvalue weighted by Gasteiger charge is -2.34. The molecule has 0 saturated carbocycles. The number of nitrogens with zero attached hydrogens (tertiary/aromatic N) is 1. The molecule has 0 bridgehead atoms. The number of nitrogens with one attached hydrogen (secondary N) is 1. The number of rotatable bonds is 3. The van der Waals surface area contributed by atoms with Crippen LogP contribution in [0.5, 0.6) is 5.75 Å². The number of hydrogen-bond acceptors (Lipinski definition) is 5. The number of thiocarbonyl (C=S) groups is 1. The second kappa shape index (κ2) is 5.46. The molecule has 1 aliphatic rings. The van der Waals surface area contributed by atoms with E-state index in [0.29, 0.717) is 17.0 Å². The Hall–Kier alpha value is -2.15. The minimum atomic E-state index is -0.493. The minimum absolute atomic E-state index is 0.0652. The summed E-state index contributed by atoms with van der Waals surface area (Å²) in [5, 5.41) is 2.29. The highest BCUT2D eigenvalue weighted by atomic mass is 32.1. The molecule has 0 aromatic heterocycles. The lowest BCUT2D eigenvalue weighted by molar-refractivity contribution is -0.132. The van der Waals surface area contributed by atoms with Crippen LogP contribution >= 0.6 is 12.2 Å². The third-order valence-corrected chi connectivity index (χ3v) is 3.42. The van der Waals surface area contributed by atoms with Crippen LogP contribution in [-0.2, 0) is 9.59 Å². The van der Waals surface area contributed by atoms with Crippen LogP contribution < -0.4 is 20.7 Å². The maximum absolute atomic E-state index is 11.8. The lowest BCUT2D eigenvalue weighted by Crippen LogP contribution is -2.57. The fourth-order valence-corrected chi connectivity index (χ4v) is 2.27. The van der Waals surface area contributed by atoms with Gasteiger partial charge < -0.3 is 15.4 Å². The van der Waals surface area contributed by atoms with Crippen LogP contribution in [0.15, 0.2) is 18.2 Å². The molecule has 106 valence electrons. The van der Waals surface area contributed by atoms with E-state index in [-0.39, 0.29) is 23.3 Å². The van der Waals surface area contributed by atoms with E-state index in [0.717, 1.165) is 0 Å². The van der Waals surface area contributed by atoms with E-state index in [1.165, 1.54) is 7.11 Å². The van der Waals surface area contributed by atoms with Crippen molar-refractivity contribution in [2.75, 3.05) is 18.6 Å². The van der Waals surface area contributed by atoms with Crippen molar-refractivity contribution in [3.8, 4) is 5.75 Å². The number of carbonyl (C=O) groups excluding carboxylic acids is 2. The molecule has 1 aromatic carbocycles. The Morgan fingerprint density at radius 2 is 2.20 bits per heavy atom. The zero-order valence-electron chi connectivity index (χ0n) is 11.2. The Kier molecular flexibility index (Phi) is 3.89. The SMILES string of the molecule is COc1ccc(C(N)=S)c(N2CC(=O)NC(=O)C2C)c1. The number of anilines is 1. The summed E-state index contributed by atoms with van der Waals surface area (Å²) in [6.45, 7) is 1.78. The van der Waals surface area contributed by atoms with Gasteiger partial charge in [0.2, 0.25) is 11.8 Å². The largest absolute Gasteiger partial charge is 0.497 e. The van der Waals surface area contributed by atoms with E-state index in [4.69, 9.17) is 22.7 Å². The molecule has 2 amide bonds. The zero-order valence-corrected chi connectivity index (χ0v) is 12.0. The highest BCUT2D eigenvalue weighted by molar-refractivity contribution is 7.80. The lowest BCUT2D eigenvalue weighted by atomic mass is 10.1. The van der Waals surface area contributed by atoms with Gasteiger partial charge in [0.15, 0.2) is 0 Å². The van der Waals surface area contributed by atoms with Crippen molar-refractivity contribution in [1.29, 1.82) is 0 Å². The van der Waals surface area contributed by atoms with Crippen molar-refractivity contribution in [2.24, 2.45) is 5.73 Å². The van der Waals surface area contributed by atoms with Crippen molar-refractivity contribution >= 4 is 34.7 Å². The molecule has 0 aliphatic carbocycles. The maximum Gasteiger partial charge on any atom is 0.249 e. The summed E-state index contributed by atoms with van der Waals surface area (Å²) in [4.78, 5) is 25.2. The molecule has 3 N–H and O–H groups in total. The highest BCUT2D eigenvalue weighted by Gasteiger charge is 2.32. The molecule has 0 spiro atoms. The van der Waals surface area contributed by atoms with Crippen LogP contribution in [0, 0.1) is 0 Å². The van der Waals surface area contributed by atoms with Crippen molar-refractivity contribution in [3.05, 3.63) is 23.8 Å². The van der Waals surface area contributed by atoms with Crippen molar-refractivity contribution in [3.63, 3.8) is 0 Å². The summed E-state index contributed by atoms with van der Waals surface area (Å²) in [6.07, 6.45) is 0. The number of carbonyl (C=O) groups is 2. The molecular weight excluding hydrogens is 278 g/mol. The van der Waals surface area contributed by atoms with Gasteiger partial charge in [-0.15, -0.1) is 0 Å². The fraction of sp³-hybridized carbons (Fsp3) is 0.308. The van der Waals surface area contributed by atoms with Gasteiger partial charge in [0.25, 0.3) is 0 Å². The number of hydrogen-bond donors (Lipinski definition) is 2. The molecule has 0 radical (unpaired) electrons. The second-order valence-corrected chi connectivity index (χ2v) is 4.90. The van der Waals surface area contributed by atoms with Gasteiger partial charge in [-0.25, -0.2) is 0 Å². The molecule has 1 heterocycles. The van der Waals surface area contributed by atoms with E-state index in [2.05, 4.69) is 5.32 Å². The van der Waals surface area contributed by atoms with Crippen LogP contribution in [0.2, 0.25) is 0 Å². The molecule has 20 heavy (non-hydrogen) atoms. The van der Waals surface area contributed by atoms with Gasteiger partial charge in [-0.1, -0.05) is 12.2 Å². The number of nitrogens with two attached hydrogens (primary N) is 1. The number of piperazine rings is 1. The van der Waals surface area contributed by atoms with E-state index in [9.17, 15) is 9.59 Å². The number of amides is 2. The van der Waals surface area contributed by atoms with Gasteiger partial charge in [0, 0.05) is 11.6 Å². The predicted octanol–water partition coefficient (Wildman–Crippen LogP) is 0.181. The van der Waals surface area contributed by atoms with Crippen molar-refractivity contribution in [1.82, 2.24) is 5.32 Å². The van der Waals surface area contributed by atoms with E-state index in [1.807, 2.05) is 0 Å². The molecule has 1 atom stereocenters. The average molecular weight is 293 g/mol. The van der Waals surface area contributed by atoms with Gasteiger partial charge in [-0.2, -0.15) is 0 Å². The van der Waals surface area contributed by atoms with E-state index in [1.54, 1.807) is 30.0 Å². The Balaban J connectivity index is 2.51. The van der Waals surface area contributed by atoms with Crippen LogP contribution in [0.4, 0.5) is 5.69 Å². The quantitative estimate of drug-likeness (QED) is 0.611. The summed E-state index contributed by atoms with van der Waals surface area (Å²) in [6, 6.07) is 4.68. The third kappa shape index (κ3) is 2.57. The van der Waals surface area contributed by atoms with Crippen LogP contribution in [-0.4, -0.2) is 36.5 Å². The molecule has 6 nitrogen and oxygen atoms in total. The Morgan fingerprint density at radius 1 is 1.50 bits per heavy atom. The summed E-state index contributed by atoms with van der Waals surface area (Å²) in [7, 11) is 1.54.